The molecule has 4 fully saturated rings. The van der Waals surface area contributed by atoms with Crippen molar-refractivity contribution < 1.29 is 45.3 Å². The Hall–Kier alpha value is -1.21. The van der Waals surface area contributed by atoms with Crippen LogP contribution in [-0.4, -0.2) is 61.1 Å². The highest BCUT2D eigenvalue weighted by Gasteiger charge is 2.71. The molecule has 0 aromatic carbocycles. The maximum atomic E-state index is 14.4. The van der Waals surface area contributed by atoms with Gasteiger partial charge in [-0.2, -0.15) is 0 Å². The highest BCUT2D eigenvalue weighted by Crippen LogP contribution is 2.76. The third kappa shape index (κ3) is 5.62. The van der Waals surface area contributed by atoms with Crippen molar-refractivity contribution in [1.29, 1.82) is 0 Å². The van der Waals surface area contributed by atoms with Crippen molar-refractivity contribution in [3.8, 4) is 0 Å². The van der Waals surface area contributed by atoms with E-state index in [0.717, 1.165) is 81.2 Å². The standard InChI is InChI=1S/C40H66NO5.BrH/c1-12-41(13-2,14-3)23-24-45-35(44)40-22-21-38(10)28(34(40)33(26(4)5)29(43)25-40)15-16-31-37(9)19-18-32(46-27(6)42)36(7,8)30(37)17-20-39(31,38)11;/h26,28,30-32H,12-25H2,1-11H3;1H/q+1;/p-1. The fourth-order valence-corrected chi connectivity index (χ4v) is 12.9. The second-order valence-electron chi connectivity index (χ2n) is 17.9. The van der Waals surface area contributed by atoms with Gasteiger partial charge in [-0.25, -0.2) is 0 Å². The van der Waals surface area contributed by atoms with Gasteiger partial charge in [0.1, 0.15) is 19.3 Å². The van der Waals surface area contributed by atoms with Crippen LogP contribution in [-0.2, 0) is 23.9 Å². The van der Waals surface area contributed by atoms with Crippen LogP contribution in [0, 0.1) is 50.7 Å². The van der Waals surface area contributed by atoms with Crippen molar-refractivity contribution in [1.82, 2.24) is 0 Å². The van der Waals surface area contributed by atoms with Crippen LogP contribution in [0.3, 0.4) is 0 Å². The third-order valence-corrected chi connectivity index (χ3v) is 15.9. The molecule has 0 aromatic rings. The maximum absolute atomic E-state index is 14.4. The number of carbonyl (C=O) groups is 3. The van der Waals surface area contributed by atoms with E-state index in [4.69, 9.17) is 9.47 Å². The molecule has 7 heteroatoms. The molecule has 5 rings (SSSR count). The van der Waals surface area contributed by atoms with Crippen LogP contribution in [0.5, 0.6) is 0 Å². The predicted molar refractivity (Wildman–Crippen MR) is 183 cm³/mol. The Balaban J connectivity index is 0.00000500. The van der Waals surface area contributed by atoms with E-state index in [-0.39, 0.29) is 74.3 Å². The Kier molecular flexibility index (Phi) is 10.8. The van der Waals surface area contributed by atoms with E-state index in [1.807, 2.05) is 0 Å². The van der Waals surface area contributed by atoms with Crippen molar-refractivity contribution in [3.63, 3.8) is 0 Å². The van der Waals surface area contributed by atoms with Gasteiger partial charge in [-0.15, -0.1) is 0 Å². The zero-order valence-corrected chi connectivity index (χ0v) is 33.2. The number of hydrogen-bond acceptors (Lipinski definition) is 5. The lowest BCUT2D eigenvalue weighted by Crippen LogP contribution is -3.00. The number of halogens is 1. The van der Waals surface area contributed by atoms with E-state index < -0.39 is 5.41 Å². The number of ketones is 1. The lowest BCUT2D eigenvalue weighted by atomic mass is 9.33. The molecule has 5 aliphatic carbocycles. The lowest BCUT2D eigenvalue weighted by Gasteiger charge is -2.72. The molecule has 47 heavy (non-hydrogen) atoms. The van der Waals surface area contributed by atoms with Crippen LogP contribution in [0.15, 0.2) is 11.1 Å². The molecule has 0 saturated heterocycles. The van der Waals surface area contributed by atoms with Crippen molar-refractivity contribution in [2.45, 2.75) is 140 Å². The van der Waals surface area contributed by atoms with Gasteiger partial charge < -0.3 is 30.9 Å². The molecule has 8 atom stereocenters. The fourth-order valence-electron chi connectivity index (χ4n) is 12.9. The summed E-state index contributed by atoms with van der Waals surface area (Å²) in [5.74, 6) is 1.25. The highest BCUT2D eigenvalue weighted by atomic mass is 79.9. The molecule has 4 saturated carbocycles. The first-order chi connectivity index (χ1) is 21.4. The normalized spacial score (nSPS) is 39.3. The predicted octanol–water partition coefficient (Wildman–Crippen LogP) is 5.32. The van der Waals surface area contributed by atoms with Crippen LogP contribution in [0.25, 0.3) is 0 Å². The van der Waals surface area contributed by atoms with E-state index in [1.54, 1.807) is 6.92 Å². The average molecular weight is 721 g/mol. The number of quaternary nitrogens is 1. The van der Waals surface area contributed by atoms with E-state index in [0.29, 0.717) is 31.3 Å². The molecule has 0 amide bonds. The summed E-state index contributed by atoms with van der Waals surface area (Å²) in [7, 11) is 0. The summed E-state index contributed by atoms with van der Waals surface area (Å²) in [5, 5.41) is 0. The minimum atomic E-state index is -0.796. The summed E-state index contributed by atoms with van der Waals surface area (Å²) < 4.78 is 13.1. The van der Waals surface area contributed by atoms with Crippen molar-refractivity contribution in [2.24, 2.45) is 50.7 Å². The Labute approximate surface area is 296 Å². The highest BCUT2D eigenvalue weighted by molar-refractivity contribution is 6.06. The quantitative estimate of drug-likeness (QED) is 0.238. The van der Waals surface area contributed by atoms with Crippen LogP contribution < -0.4 is 17.0 Å². The fraction of sp³-hybridized carbons (Fsp3) is 0.875. The van der Waals surface area contributed by atoms with Gasteiger partial charge >= 0.3 is 11.9 Å². The zero-order chi connectivity index (χ0) is 34.1. The monoisotopic (exact) mass is 719 g/mol. The molecule has 0 aliphatic heterocycles. The molecule has 6 nitrogen and oxygen atoms in total. The van der Waals surface area contributed by atoms with Gasteiger partial charge in [0.05, 0.1) is 25.0 Å². The van der Waals surface area contributed by atoms with E-state index in [2.05, 4.69) is 69.2 Å². The van der Waals surface area contributed by atoms with Gasteiger partial charge in [-0.1, -0.05) is 48.5 Å². The number of fused-ring (bicyclic) bond motifs is 7. The molecule has 0 radical (unpaired) electrons. The number of hydrogen-bond donors (Lipinski definition) is 0. The second kappa shape index (κ2) is 13.2. The van der Waals surface area contributed by atoms with Crippen LogP contribution in [0.2, 0.25) is 0 Å². The Morgan fingerprint density at radius 1 is 0.851 bits per heavy atom. The summed E-state index contributed by atoms with van der Waals surface area (Å²) in [4.78, 5) is 40.3. The van der Waals surface area contributed by atoms with Crippen LogP contribution in [0.1, 0.15) is 134 Å². The summed E-state index contributed by atoms with van der Waals surface area (Å²) in [6, 6.07) is 0. The number of esters is 2. The van der Waals surface area contributed by atoms with Crippen molar-refractivity contribution in [3.05, 3.63) is 11.1 Å². The van der Waals surface area contributed by atoms with Gasteiger partial charge in [0, 0.05) is 18.8 Å². The summed E-state index contributed by atoms with van der Waals surface area (Å²) >= 11 is 0. The number of allylic oxidation sites excluding steroid dienone is 1. The second-order valence-corrected chi connectivity index (χ2v) is 17.9. The summed E-state index contributed by atoms with van der Waals surface area (Å²) in [5.41, 5.74) is 1.52. The van der Waals surface area contributed by atoms with Gasteiger partial charge in [-0.05, 0) is 123 Å². The van der Waals surface area contributed by atoms with E-state index in [1.165, 1.54) is 5.57 Å². The zero-order valence-electron chi connectivity index (χ0n) is 31.7. The van der Waals surface area contributed by atoms with E-state index in [9.17, 15) is 14.4 Å². The number of likely N-dealkylation sites (N-methyl/N-ethyl adjacent to an activating group) is 1. The summed E-state index contributed by atoms with van der Waals surface area (Å²) in [6.07, 6.45) is 8.37. The number of ether oxygens (including phenoxy) is 2. The van der Waals surface area contributed by atoms with E-state index >= 15 is 0 Å². The molecule has 0 spiro atoms. The average Bonchev–Trinajstić information content (AvgIpc) is 3.30. The molecule has 268 valence electrons. The Morgan fingerprint density at radius 3 is 2.06 bits per heavy atom. The van der Waals surface area contributed by atoms with Crippen molar-refractivity contribution >= 4 is 17.7 Å². The maximum Gasteiger partial charge on any atom is 0.316 e. The first-order valence-corrected chi connectivity index (χ1v) is 18.9. The molecule has 0 bridgehead atoms. The van der Waals surface area contributed by atoms with Gasteiger partial charge in [-0.3, -0.25) is 14.4 Å². The number of carbonyl (C=O) groups excluding carboxylic acids is 3. The minimum absolute atomic E-state index is 0. The Morgan fingerprint density at radius 2 is 1.49 bits per heavy atom. The minimum Gasteiger partial charge on any atom is -1.00 e. The third-order valence-electron chi connectivity index (χ3n) is 15.9. The smallest absolute Gasteiger partial charge is 0.316 e. The molecule has 0 heterocycles. The largest absolute Gasteiger partial charge is 1.00 e. The molecular weight excluding hydrogens is 654 g/mol. The molecule has 8 unspecified atom stereocenters. The SMILES string of the molecule is CC[N+](CC)(CC)CCOC(=O)C12CCC3(C)C(CCC4C5(C)CCC(OC(C)=O)C(C)(C)C5CCC43C)C1=C(C(C)C)C(=O)C2.[Br-]. The van der Waals surface area contributed by atoms with Gasteiger partial charge in [0.25, 0.3) is 0 Å². The van der Waals surface area contributed by atoms with Crippen LogP contribution in [0.4, 0.5) is 0 Å². The Bertz CT molecular complexity index is 1260. The number of Topliss-reactive ketones (excluding diaryl/α,β-unsaturated/α-hetero) is 1. The van der Waals surface area contributed by atoms with Crippen LogP contribution >= 0.6 is 0 Å². The van der Waals surface area contributed by atoms with Gasteiger partial charge in [0.15, 0.2) is 5.78 Å². The topological polar surface area (TPSA) is 69.7 Å². The van der Waals surface area contributed by atoms with Crippen molar-refractivity contribution in [2.75, 3.05) is 32.8 Å². The summed E-state index contributed by atoms with van der Waals surface area (Å²) in [6.45, 7) is 29.2. The molecular formula is C40H66BrNO5. The number of rotatable bonds is 9. The number of nitrogens with zero attached hydrogens (tertiary/aromatic N) is 1. The first-order valence-electron chi connectivity index (χ1n) is 18.9. The lowest BCUT2D eigenvalue weighted by molar-refractivity contribution is -0.923. The molecule has 5 aliphatic rings. The van der Waals surface area contributed by atoms with Gasteiger partial charge in [0.2, 0.25) is 0 Å². The molecule has 0 N–H and O–H groups in total. The first kappa shape index (κ1) is 38.6. The molecule has 0 aromatic heterocycles.